The predicted octanol–water partition coefficient (Wildman–Crippen LogP) is 2.51. The van der Waals surface area contributed by atoms with Gasteiger partial charge in [0, 0.05) is 11.4 Å². The molecule has 1 aliphatic heterocycles. The van der Waals surface area contributed by atoms with E-state index in [9.17, 15) is 0 Å². The van der Waals surface area contributed by atoms with Crippen LogP contribution in [0.15, 0.2) is 29.2 Å². The van der Waals surface area contributed by atoms with E-state index in [1.54, 1.807) is 0 Å². The minimum atomic E-state index is 0.539. The van der Waals surface area contributed by atoms with E-state index in [1.165, 1.54) is 35.6 Å². The highest BCUT2D eigenvalue weighted by molar-refractivity contribution is 7.99. The van der Waals surface area contributed by atoms with E-state index in [0.29, 0.717) is 6.04 Å². The van der Waals surface area contributed by atoms with E-state index in [-0.39, 0.29) is 0 Å². The SMILES string of the molecule is c1ccc2c(c1)SCCCN2Cc1nnnn1C1CC1. The van der Waals surface area contributed by atoms with Gasteiger partial charge in [0.25, 0.3) is 0 Å². The molecule has 0 N–H and O–H groups in total. The van der Waals surface area contributed by atoms with Crippen LogP contribution in [0.3, 0.4) is 0 Å². The van der Waals surface area contributed by atoms with Gasteiger partial charge < -0.3 is 4.90 Å². The van der Waals surface area contributed by atoms with Gasteiger partial charge in [0.2, 0.25) is 0 Å². The monoisotopic (exact) mass is 287 g/mol. The maximum atomic E-state index is 4.23. The number of hydrogen-bond acceptors (Lipinski definition) is 5. The van der Waals surface area contributed by atoms with Crippen LogP contribution in [-0.2, 0) is 6.54 Å². The third-order valence-electron chi connectivity index (χ3n) is 3.82. The molecule has 0 saturated heterocycles. The van der Waals surface area contributed by atoms with Gasteiger partial charge in [0.05, 0.1) is 18.3 Å². The highest BCUT2D eigenvalue weighted by Crippen LogP contribution is 2.36. The third-order valence-corrected chi connectivity index (χ3v) is 4.97. The van der Waals surface area contributed by atoms with Crippen molar-refractivity contribution in [3.8, 4) is 0 Å². The van der Waals surface area contributed by atoms with Gasteiger partial charge in [-0.05, 0) is 47.6 Å². The molecule has 104 valence electrons. The van der Waals surface area contributed by atoms with Gasteiger partial charge in [0.15, 0.2) is 5.82 Å². The van der Waals surface area contributed by atoms with Gasteiger partial charge >= 0.3 is 0 Å². The number of aromatic nitrogens is 4. The summed E-state index contributed by atoms with van der Waals surface area (Å²) in [6.45, 7) is 1.88. The van der Waals surface area contributed by atoms with Crippen LogP contribution in [0.5, 0.6) is 0 Å². The van der Waals surface area contributed by atoms with Crippen molar-refractivity contribution in [2.75, 3.05) is 17.2 Å². The van der Waals surface area contributed by atoms with Crippen molar-refractivity contribution in [3.63, 3.8) is 0 Å². The summed E-state index contributed by atoms with van der Waals surface area (Å²) in [5.74, 6) is 2.18. The zero-order valence-electron chi connectivity index (χ0n) is 11.3. The zero-order valence-corrected chi connectivity index (χ0v) is 12.1. The fourth-order valence-corrected chi connectivity index (χ4v) is 3.67. The smallest absolute Gasteiger partial charge is 0.170 e. The molecular formula is C14H17N5S. The highest BCUT2D eigenvalue weighted by atomic mass is 32.2. The Morgan fingerprint density at radius 2 is 2.15 bits per heavy atom. The summed E-state index contributed by atoms with van der Waals surface area (Å²) in [4.78, 5) is 3.79. The second-order valence-corrected chi connectivity index (χ2v) is 6.50. The molecule has 0 amide bonds. The number of benzene rings is 1. The molecule has 20 heavy (non-hydrogen) atoms. The van der Waals surface area contributed by atoms with E-state index in [2.05, 4.69) is 44.7 Å². The Labute approximate surface area is 122 Å². The lowest BCUT2D eigenvalue weighted by molar-refractivity contribution is 0.573. The van der Waals surface area contributed by atoms with Crippen molar-refractivity contribution in [3.05, 3.63) is 30.1 Å². The number of para-hydroxylation sites is 1. The Kier molecular flexibility index (Phi) is 3.10. The summed E-state index contributed by atoms with van der Waals surface area (Å²) in [5.41, 5.74) is 1.32. The zero-order chi connectivity index (χ0) is 13.4. The van der Waals surface area contributed by atoms with Crippen LogP contribution in [0.2, 0.25) is 0 Å². The number of hydrogen-bond donors (Lipinski definition) is 0. The summed E-state index contributed by atoms with van der Waals surface area (Å²) in [7, 11) is 0. The van der Waals surface area contributed by atoms with E-state index < -0.39 is 0 Å². The number of thioether (sulfide) groups is 1. The van der Waals surface area contributed by atoms with Crippen LogP contribution in [0.1, 0.15) is 31.1 Å². The van der Waals surface area contributed by atoms with Gasteiger partial charge in [-0.1, -0.05) is 12.1 Å². The van der Waals surface area contributed by atoms with Crippen molar-refractivity contribution in [1.82, 2.24) is 20.2 Å². The van der Waals surface area contributed by atoms with E-state index in [0.717, 1.165) is 18.9 Å². The van der Waals surface area contributed by atoms with Crippen LogP contribution in [0, 0.1) is 0 Å². The number of anilines is 1. The largest absolute Gasteiger partial charge is 0.363 e. The third kappa shape index (κ3) is 2.28. The van der Waals surface area contributed by atoms with Crippen LogP contribution in [0.4, 0.5) is 5.69 Å². The average molecular weight is 287 g/mol. The predicted molar refractivity (Wildman–Crippen MR) is 78.9 cm³/mol. The molecule has 0 atom stereocenters. The fourth-order valence-electron chi connectivity index (χ4n) is 2.65. The molecule has 0 bridgehead atoms. The Morgan fingerprint density at radius 1 is 1.25 bits per heavy atom. The first-order valence-corrected chi connectivity index (χ1v) is 8.14. The first-order valence-electron chi connectivity index (χ1n) is 7.15. The van der Waals surface area contributed by atoms with Crippen molar-refractivity contribution in [1.29, 1.82) is 0 Å². The van der Waals surface area contributed by atoms with Crippen LogP contribution in [-0.4, -0.2) is 32.5 Å². The minimum absolute atomic E-state index is 0.539. The maximum Gasteiger partial charge on any atom is 0.170 e. The number of tetrazole rings is 1. The van der Waals surface area contributed by atoms with Crippen LogP contribution in [0.25, 0.3) is 0 Å². The number of fused-ring (bicyclic) bond motifs is 1. The maximum absolute atomic E-state index is 4.23. The normalized spacial score (nSPS) is 18.7. The molecule has 1 aromatic heterocycles. The standard InChI is InChI=1S/C14H17N5S/c1-2-5-13-12(4-1)18(8-3-9-20-13)10-14-15-16-17-19(14)11-6-7-11/h1-2,4-5,11H,3,6-10H2. The summed E-state index contributed by atoms with van der Waals surface area (Å²) in [6.07, 6.45) is 3.62. The minimum Gasteiger partial charge on any atom is -0.363 e. The quantitative estimate of drug-likeness (QED) is 0.868. The van der Waals surface area contributed by atoms with E-state index in [4.69, 9.17) is 0 Å². The topological polar surface area (TPSA) is 46.8 Å². The molecule has 4 rings (SSSR count). The van der Waals surface area contributed by atoms with Crippen LogP contribution >= 0.6 is 11.8 Å². The Balaban J connectivity index is 1.63. The summed E-state index contributed by atoms with van der Waals surface area (Å²) < 4.78 is 2.01. The van der Waals surface area contributed by atoms with Gasteiger partial charge in [-0.2, -0.15) is 0 Å². The van der Waals surface area contributed by atoms with E-state index in [1.807, 2.05) is 16.4 Å². The molecule has 0 spiro atoms. The Morgan fingerprint density at radius 3 is 3.05 bits per heavy atom. The lowest BCUT2D eigenvalue weighted by Crippen LogP contribution is -2.25. The summed E-state index contributed by atoms with van der Waals surface area (Å²) >= 11 is 1.95. The molecule has 5 nitrogen and oxygen atoms in total. The lowest BCUT2D eigenvalue weighted by Gasteiger charge is -2.23. The van der Waals surface area contributed by atoms with Gasteiger partial charge in [-0.3, -0.25) is 0 Å². The number of nitrogens with zero attached hydrogens (tertiary/aromatic N) is 5. The van der Waals surface area contributed by atoms with Gasteiger partial charge in [0.1, 0.15) is 0 Å². The lowest BCUT2D eigenvalue weighted by atomic mass is 10.2. The van der Waals surface area contributed by atoms with Crippen molar-refractivity contribution < 1.29 is 0 Å². The van der Waals surface area contributed by atoms with Crippen molar-refractivity contribution in [2.45, 2.75) is 36.7 Å². The van der Waals surface area contributed by atoms with Gasteiger partial charge in [-0.25, -0.2) is 4.68 Å². The van der Waals surface area contributed by atoms with Crippen LogP contribution < -0.4 is 4.90 Å². The average Bonchev–Trinajstić information content (AvgIpc) is 3.25. The molecule has 2 aromatic rings. The number of rotatable bonds is 3. The second kappa shape index (κ2) is 5.09. The molecule has 0 radical (unpaired) electrons. The van der Waals surface area contributed by atoms with E-state index >= 15 is 0 Å². The molecular weight excluding hydrogens is 270 g/mol. The summed E-state index contributed by atoms with van der Waals surface area (Å²) in [5, 5.41) is 12.2. The second-order valence-electron chi connectivity index (χ2n) is 5.36. The summed E-state index contributed by atoms with van der Waals surface area (Å²) in [6, 6.07) is 9.18. The molecule has 1 saturated carbocycles. The first kappa shape index (κ1) is 12.2. The fraction of sp³-hybridized carbons (Fsp3) is 0.500. The van der Waals surface area contributed by atoms with Gasteiger partial charge in [-0.15, -0.1) is 16.9 Å². The Hall–Kier alpha value is -1.56. The molecule has 6 heteroatoms. The molecule has 1 aromatic carbocycles. The highest BCUT2D eigenvalue weighted by Gasteiger charge is 2.28. The van der Waals surface area contributed by atoms with Crippen molar-refractivity contribution in [2.24, 2.45) is 0 Å². The first-order chi connectivity index (χ1) is 9.92. The molecule has 2 aliphatic rings. The Bertz CT molecular complexity index is 607. The molecule has 1 fully saturated rings. The molecule has 0 unspecified atom stereocenters. The van der Waals surface area contributed by atoms with Crippen molar-refractivity contribution >= 4 is 17.4 Å². The molecule has 1 aliphatic carbocycles. The molecule has 2 heterocycles.